The van der Waals surface area contributed by atoms with Gasteiger partial charge in [0.05, 0.1) is 30.4 Å². The minimum Gasteiger partial charge on any atom is -0.366 e. The Hall–Kier alpha value is -3.50. The summed E-state index contributed by atoms with van der Waals surface area (Å²) in [5.41, 5.74) is 1.22. The molecule has 1 amide bonds. The van der Waals surface area contributed by atoms with Crippen molar-refractivity contribution in [3.63, 3.8) is 0 Å². The number of amides is 1. The minimum absolute atomic E-state index is 0.112. The van der Waals surface area contributed by atoms with Gasteiger partial charge in [-0.1, -0.05) is 19.1 Å². The lowest BCUT2D eigenvalue weighted by Crippen LogP contribution is -2.48. The zero-order chi connectivity index (χ0) is 24.1. The molecule has 178 valence electrons. The van der Waals surface area contributed by atoms with E-state index in [4.69, 9.17) is 0 Å². The SMILES string of the molecule is Cc1cccc(C(=O)NCC2CC23CC(Nc2cnc(C(F)(F)F)cn2)C3C)c1-n1nccn1. The van der Waals surface area contributed by atoms with Crippen LogP contribution < -0.4 is 10.6 Å². The average Bonchev–Trinajstić information content (AvgIpc) is 3.29. The van der Waals surface area contributed by atoms with Crippen LogP contribution in [0.25, 0.3) is 5.69 Å². The van der Waals surface area contributed by atoms with Crippen molar-refractivity contribution in [1.82, 2.24) is 30.3 Å². The normalized spacial score (nSPS) is 25.6. The molecule has 2 aliphatic rings. The Morgan fingerprint density at radius 1 is 1.18 bits per heavy atom. The fourth-order valence-corrected chi connectivity index (χ4v) is 5.16. The smallest absolute Gasteiger partial charge is 0.366 e. The molecule has 0 aliphatic heterocycles. The van der Waals surface area contributed by atoms with Crippen molar-refractivity contribution in [2.24, 2.45) is 17.3 Å². The Bertz CT molecular complexity index is 1200. The summed E-state index contributed by atoms with van der Waals surface area (Å²) in [6.07, 6.45) is 2.39. The number of alkyl halides is 3. The number of rotatable bonds is 6. The number of aromatic nitrogens is 5. The number of carbonyl (C=O) groups is 1. The minimum atomic E-state index is -4.50. The van der Waals surface area contributed by atoms with Gasteiger partial charge in [0.2, 0.25) is 0 Å². The van der Waals surface area contributed by atoms with Crippen molar-refractivity contribution in [3.05, 3.63) is 59.8 Å². The van der Waals surface area contributed by atoms with Crippen molar-refractivity contribution in [2.45, 2.75) is 38.9 Å². The Morgan fingerprint density at radius 3 is 2.59 bits per heavy atom. The molecule has 3 aromatic rings. The van der Waals surface area contributed by atoms with Gasteiger partial charge < -0.3 is 10.6 Å². The number of aryl methyl sites for hydroxylation is 1. The van der Waals surface area contributed by atoms with Gasteiger partial charge in [0.25, 0.3) is 5.91 Å². The lowest BCUT2D eigenvalue weighted by Gasteiger charge is -2.45. The van der Waals surface area contributed by atoms with E-state index in [1.54, 1.807) is 18.5 Å². The first-order valence-electron chi connectivity index (χ1n) is 11.1. The largest absolute Gasteiger partial charge is 0.434 e. The molecule has 5 rings (SSSR count). The van der Waals surface area contributed by atoms with Crippen LogP contribution >= 0.6 is 0 Å². The molecule has 2 saturated carbocycles. The van der Waals surface area contributed by atoms with Crippen molar-refractivity contribution >= 4 is 11.7 Å². The molecule has 1 aromatic carbocycles. The molecular weight excluding hydrogens is 447 g/mol. The fourth-order valence-electron chi connectivity index (χ4n) is 5.16. The Morgan fingerprint density at radius 2 is 1.94 bits per heavy atom. The second kappa shape index (κ2) is 8.07. The van der Waals surface area contributed by atoms with Crippen LogP contribution in [0, 0.1) is 24.2 Å². The zero-order valence-corrected chi connectivity index (χ0v) is 18.7. The van der Waals surface area contributed by atoms with Gasteiger partial charge in [-0.3, -0.25) is 4.79 Å². The van der Waals surface area contributed by atoms with Crippen LogP contribution in [-0.4, -0.2) is 43.5 Å². The molecule has 0 bridgehead atoms. The molecule has 2 N–H and O–H groups in total. The standard InChI is InChI=1S/C23H24F3N7O/c1-13-4-3-5-16(20(13)33-30-6-7-31-33)21(34)29-10-15-8-22(15)9-17(14(22)2)32-19-12-27-18(11-28-19)23(24,25)26/h3-7,11-12,14-15,17H,8-10H2,1-2H3,(H,28,32)(H,29,34). The van der Waals surface area contributed by atoms with Gasteiger partial charge in [-0.2, -0.15) is 28.2 Å². The van der Waals surface area contributed by atoms with Crippen LogP contribution in [0.15, 0.2) is 43.0 Å². The summed E-state index contributed by atoms with van der Waals surface area (Å²) >= 11 is 0. The summed E-state index contributed by atoms with van der Waals surface area (Å²) < 4.78 is 38.0. The Kier molecular flexibility index (Phi) is 5.29. The van der Waals surface area contributed by atoms with Gasteiger partial charge >= 0.3 is 6.18 Å². The number of anilines is 1. The molecular formula is C23H24F3N7O. The van der Waals surface area contributed by atoms with Crippen molar-refractivity contribution in [2.75, 3.05) is 11.9 Å². The number of benzene rings is 1. The summed E-state index contributed by atoms with van der Waals surface area (Å²) in [7, 11) is 0. The fraction of sp³-hybridized carbons (Fsp3) is 0.435. The first-order valence-corrected chi connectivity index (χ1v) is 11.1. The van der Waals surface area contributed by atoms with E-state index >= 15 is 0 Å². The number of nitrogens with zero attached hydrogens (tertiary/aromatic N) is 5. The summed E-state index contributed by atoms with van der Waals surface area (Å²) in [5.74, 6) is 0.838. The lowest BCUT2D eigenvalue weighted by molar-refractivity contribution is -0.141. The van der Waals surface area contributed by atoms with E-state index in [1.807, 2.05) is 19.1 Å². The Balaban J connectivity index is 1.17. The van der Waals surface area contributed by atoms with Gasteiger partial charge in [0, 0.05) is 12.6 Å². The van der Waals surface area contributed by atoms with Crippen LogP contribution in [0.2, 0.25) is 0 Å². The number of nitrogens with one attached hydrogen (secondary N) is 2. The second-order valence-electron chi connectivity index (χ2n) is 9.16. The topological polar surface area (TPSA) is 97.6 Å². The van der Waals surface area contributed by atoms with Crippen molar-refractivity contribution in [1.29, 1.82) is 0 Å². The third-order valence-corrected chi connectivity index (χ3v) is 7.28. The highest BCUT2D eigenvalue weighted by Crippen LogP contribution is 2.68. The quantitative estimate of drug-likeness (QED) is 0.570. The predicted octanol–water partition coefficient (Wildman–Crippen LogP) is 3.64. The molecule has 4 unspecified atom stereocenters. The highest BCUT2D eigenvalue weighted by molar-refractivity contribution is 5.98. The molecule has 2 aliphatic carbocycles. The number of hydrogen-bond acceptors (Lipinski definition) is 6. The molecule has 34 heavy (non-hydrogen) atoms. The maximum atomic E-state index is 13.0. The monoisotopic (exact) mass is 471 g/mol. The first kappa shape index (κ1) is 22.3. The first-order chi connectivity index (χ1) is 16.2. The highest BCUT2D eigenvalue weighted by Gasteiger charge is 2.65. The number of carbonyl (C=O) groups excluding carboxylic acids is 1. The summed E-state index contributed by atoms with van der Waals surface area (Å²) in [6, 6.07) is 5.63. The van der Waals surface area contributed by atoms with E-state index in [0.29, 0.717) is 35.4 Å². The predicted molar refractivity (Wildman–Crippen MR) is 117 cm³/mol. The number of halogens is 3. The lowest BCUT2D eigenvalue weighted by atomic mass is 9.65. The number of hydrogen-bond donors (Lipinski definition) is 2. The van der Waals surface area contributed by atoms with Gasteiger partial charge in [0.1, 0.15) is 11.5 Å². The third-order valence-electron chi connectivity index (χ3n) is 7.28. The molecule has 11 heteroatoms. The summed E-state index contributed by atoms with van der Waals surface area (Å²) in [4.78, 5) is 21.7. The van der Waals surface area contributed by atoms with E-state index in [1.165, 1.54) is 4.80 Å². The van der Waals surface area contributed by atoms with Crippen LogP contribution in [0.3, 0.4) is 0 Å². The third kappa shape index (κ3) is 3.88. The summed E-state index contributed by atoms with van der Waals surface area (Å²) in [6.45, 7) is 4.61. The Labute approximate surface area is 194 Å². The molecule has 2 fully saturated rings. The van der Waals surface area contributed by atoms with E-state index in [0.717, 1.165) is 30.8 Å². The van der Waals surface area contributed by atoms with Crippen LogP contribution in [0.4, 0.5) is 19.0 Å². The van der Waals surface area contributed by atoms with Crippen molar-refractivity contribution < 1.29 is 18.0 Å². The van der Waals surface area contributed by atoms with Gasteiger partial charge in [-0.05, 0) is 48.6 Å². The van der Waals surface area contributed by atoms with Crippen LogP contribution in [0.1, 0.15) is 41.4 Å². The van der Waals surface area contributed by atoms with Gasteiger partial charge in [-0.15, -0.1) is 0 Å². The molecule has 0 saturated heterocycles. The van der Waals surface area contributed by atoms with Crippen LogP contribution in [0.5, 0.6) is 0 Å². The molecule has 4 atom stereocenters. The maximum absolute atomic E-state index is 13.0. The molecule has 2 aromatic heterocycles. The van der Waals surface area contributed by atoms with E-state index in [9.17, 15) is 18.0 Å². The van der Waals surface area contributed by atoms with Crippen LogP contribution in [-0.2, 0) is 6.18 Å². The molecule has 1 spiro atoms. The maximum Gasteiger partial charge on any atom is 0.434 e. The molecule has 0 radical (unpaired) electrons. The van der Waals surface area contributed by atoms with Crippen molar-refractivity contribution in [3.8, 4) is 5.69 Å². The zero-order valence-electron chi connectivity index (χ0n) is 18.7. The molecule has 8 nitrogen and oxygen atoms in total. The molecule has 2 heterocycles. The van der Waals surface area contributed by atoms with Gasteiger partial charge in [-0.25, -0.2) is 9.97 Å². The van der Waals surface area contributed by atoms with Gasteiger partial charge in [0.15, 0.2) is 5.69 Å². The van der Waals surface area contributed by atoms with E-state index in [2.05, 4.69) is 37.7 Å². The van der Waals surface area contributed by atoms with E-state index in [-0.39, 0.29) is 17.4 Å². The highest BCUT2D eigenvalue weighted by atomic mass is 19.4. The summed E-state index contributed by atoms with van der Waals surface area (Å²) in [5, 5.41) is 14.6. The van der Waals surface area contributed by atoms with E-state index < -0.39 is 11.9 Å². The second-order valence-corrected chi connectivity index (χ2v) is 9.16. The average molecular weight is 471 g/mol. The number of para-hydroxylation sites is 1.